The molecule has 1 aliphatic rings. The van der Waals surface area contributed by atoms with Gasteiger partial charge in [0.05, 0.1) is 24.6 Å². The summed E-state index contributed by atoms with van der Waals surface area (Å²) in [6.45, 7) is 3.99. The minimum Gasteiger partial charge on any atom is -0.497 e. The first-order valence-corrected chi connectivity index (χ1v) is 9.33. The van der Waals surface area contributed by atoms with Crippen molar-refractivity contribution in [3.05, 3.63) is 66.1 Å². The Kier molecular flexibility index (Phi) is 4.77. The Balaban J connectivity index is 1.74. The van der Waals surface area contributed by atoms with Crippen LogP contribution in [0.25, 0.3) is 5.69 Å². The van der Waals surface area contributed by atoms with E-state index in [1.54, 1.807) is 13.4 Å². The van der Waals surface area contributed by atoms with Crippen LogP contribution in [-0.4, -0.2) is 28.7 Å². The molecule has 0 saturated heterocycles. The Labute approximate surface area is 164 Å². The van der Waals surface area contributed by atoms with Crippen LogP contribution in [0, 0.1) is 0 Å². The summed E-state index contributed by atoms with van der Waals surface area (Å²) in [7, 11) is 1.63. The highest BCUT2D eigenvalue weighted by atomic mass is 16.5. The van der Waals surface area contributed by atoms with Gasteiger partial charge < -0.3 is 14.8 Å². The predicted octanol–water partition coefficient (Wildman–Crippen LogP) is 4.14. The number of fused-ring (bicyclic) bond motifs is 1. The van der Waals surface area contributed by atoms with Gasteiger partial charge in [0.15, 0.2) is 0 Å². The number of benzene rings is 2. The lowest BCUT2D eigenvalue weighted by Crippen LogP contribution is -2.25. The van der Waals surface area contributed by atoms with Crippen molar-refractivity contribution in [3.8, 4) is 17.2 Å². The summed E-state index contributed by atoms with van der Waals surface area (Å²) in [5.41, 5.74) is 2.75. The Bertz CT molecular complexity index is 1010. The number of ether oxygens (including phenoxy) is 2. The van der Waals surface area contributed by atoms with Crippen molar-refractivity contribution in [2.45, 2.75) is 32.3 Å². The smallest absolute Gasteiger partial charge is 0.226 e. The van der Waals surface area contributed by atoms with Crippen LogP contribution >= 0.6 is 0 Å². The number of imidazole rings is 1. The van der Waals surface area contributed by atoms with Crippen molar-refractivity contribution in [1.29, 1.82) is 0 Å². The SMILES string of the molecule is COc1cccc(-n2cnc3c2NC(=O)C[C@H]3c2cccc(OC(C)C)c2)c1. The zero-order valence-corrected chi connectivity index (χ0v) is 16.2. The van der Waals surface area contributed by atoms with E-state index in [-0.39, 0.29) is 17.9 Å². The summed E-state index contributed by atoms with van der Waals surface area (Å²) in [6.07, 6.45) is 2.19. The lowest BCUT2D eigenvalue weighted by atomic mass is 9.89. The molecular weight excluding hydrogens is 354 g/mol. The Morgan fingerprint density at radius 3 is 2.71 bits per heavy atom. The fraction of sp³-hybridized carbons (Fsp3) is 0.273. The Morgan fingerprint density at radius 1 is 1.14 bits per heavy atom. The first kappa shape index (κ1) is 18.1. The number of nitrogens with zero attached hydrogens (tertiary/aromatic N) is 2. The van der Waals surface area contributed by atoms with E-state index in [0.29, 0.717) is 12.2 Å². The molecule has 0 fully saturated rings. The molecule has 144 valence electrons. The van der Waals surface area contributed by atoms with Gasteiger partial charge in [-0.05, 0) is 43.7 Å². The van der Waals surface area contributed by atoms with Gasteiger partial charge >= 0.3 is 0 Å². The lowest BCUT2D eigenvalue weighted by Gasteiger charge is -2.24. The molecule has 1 aliphatic heterocycles. The van der Waals surface area contributed by atoms with E-state index in [1.165, 1.54) is 0 Å². The van der Waals surface area contributed by atoms with Crippen molar-refractivity contribution in [2.75, 3.05) is 12.4 Å². The molecule has 0 radical (unpaired) electrons. The number of carbonyl (C=O) groups excluding carboxylic acids is 1. The summed E-state index contributed by atoms with van der Waals surface area (Å²) >= 11 is 0. The largest absolute Gasteiger partial charge is 0.497 e. The fourth-order valence-corrected chi connectivity index (χ4v) is 3.52. The average molecular weight is 377 g/mol. The van der Waals surface area contributed by atoms with E-state index < -0.39 is 0 Å². The molecule has 0 spiro atoms. The lowest BCUT2D eigenvalue weighted by molar-refractivity contribution is -0.116. The standard InChI is InChI=1S/C22H23N3O3/c1-14(2)28-18-9-4-6-15(10-18)19-12-20(26)24-22-21(19)23-13-25(22)16-7-5-8-17(11-16)27-3/h4-11,13-14,19H,12H2,1-3H3,(H,24,26)/t19-/m0/s1. The van der Waals surface area contributed by atoms with Crippen LogP contribution < -0.4 is 14.8 Å². The maximum Gasteiger partial charge on any atom is 0.226 e. The zero-order chi connectivity index (χ0) is 19.7. The highest BCUT2D eigenvalue weighted by Crippen LogP contribution is 2.38. The number of hydrogen-bond donors (Lipinski definition) is 1. The number of amides is 1. The summed E-state index contributed by atoms with van der Waals surface area (Å²) in [5, 5.41) is 2.98. The second-order valence-electron chi connectivity index (χ2n) is 7.09. The third-order valence-electron chi connectivity index (χ3n) is 4.74. The molecule has 1 N–H and O–H groups in total. The molecule has 0 unspecified atom stereocenters. The van der Waals surface area contributed by atoms with Crippen LogP contribution in [0.4, 0.5) is 5.82 Å². The number of nitrogens with one attached hydrogen (secondary N) is 1. The van der Waals surface area contributed by atoms with Crippen molar-refractivity contribution < 1.29 is 14.3 Å². The second-order valence-corrected chi connectivity index (χ2v) is 7.09. The minimum atomic E-state index is -0.119. The molecule has 2 heterocycles. The summed E-state index contributed by atoms with van der Waals surface area (Å²) in [4.78, 5) is 17.1. The van der Waals surface area contributed by atoms with E-state index in [2.05, 4.69) is 10.3 Å². The number of carbonyl (C=O) groups is 1. The molecule has 0 saturated carbocycles. The molecule has 4 rings (SSSR count). The average Bonchev–Trinajstić information content (AvgIpc) is 3.10. The third-order valence-corrected chi connectivity index (χ3v) is 4.74. The molecule has 1 aromatic heterocycles. The van der Waals surface area contributed by atoms with Crippen molar-refractivity contribution in [1.82, 2.24) is 9.55 Å². The topological polar surface area (TPSA) is 65.4 Å². The molecular formula is C22H23N3O3. The number of hydrogen-bond acceptors (Lipinski definition) is 4. The van der Waals surface area contributed by atoms with Gasteiger partial charge in [-0.3, -0.25) is 9.36 Å². The van der Waals surface area contributed by atoms with E-state index in [4.69, 9.17) is 9.47 Å². The molecule has 2 aromatic carbocycles. The van der Waals surface area contributed by atoms with Gasteiger partial charge in [0.1, 0.15) is 23.6 Å². The fourth-order valence-electron chi connectivity index (χ4n) is 3.52. The molecule has 0 aliphatic carbocycles. The molecule has 6 nitrogen and oxygen atoms in total. The normalized spacial score (nSPS) is 15.9. The summed E-state index contributed by atoms with van der Waals surface area (Å²) < 4.78 is 13.0. The highest BCUT2D eigenvalue weighted by Gasteiger charge is 2.31. The molecule has 1 atom stereocenters. The van der Waals surface area contributed by atoms with Crippen LogP contribution in [0.15, 0.2) is 54.9 Å². The first-order chi connectivity index (χ1) is 13.5. The number of anilines is 1. The van der Waals surface area contributed by atoms with Gasteiger partial charge in [0.25, 0.3) is 0 Å². The van der Waals surface area contributed by atoms with E-state index in [1.807, 2.05) is 66.9 Å². The highest BCUT2D eigenvalue weighted by molar-refractivity contribution is 5.94. The van der Waals surface area contributed by atoms with Crippen molar-refractivity contribution >= 4 is 11.7 Å². The molecule has 6 heteroatoms. The van der Waals surface area contributed by atoms with Crippen LogP contribution in [0.2, 0.25) is 0 Å². The minimum absolute atomic E-state index is 0.0303. The first-order valence-electron chi connectivity index (χ1n) is 9.33. The van der Waals surface area contributed by atoms with Gasteiger partial charge in [-0.25, -0.2) is 4.98 Å². The van der Waals surface area contributed by atoms with Crippen LogP contribution in [-0.2, 0) is 4.79 Å². The van der Waals surface area contributed by atoms with Crippen LogP contribution in [0.5, 0.6) is 11.5 Å². The quantitative estimate of drug-likeness (QED) is 0.726. The van der Waals surface area contributed by atoms with E-state index >= 15 is 0 Å². The van der Waals surface area contributed by atoms with Gasteiger partial charge in [-0.15, -0.1) is 0 Å². The molecule has 1 amide bonds. The number of methoxy groups -OCH3 is 1. The maximum atomic E-state index is 12.5. The zero-order valence-electron chi connectivity index (χ0n) is 16.2. The van der Waals surface area contributed by atoms with Gasteiger partial charge in [-0.1, -0.05) is 18.2 Å². The molecule has 28 heavy (non-hydrogen) atoms. The van der Waals surface area contributed by atoms with Crippen LogP contribution in [0.3, 0.4) is 0 Å². The van der Waals surface area contributed by atoms with Gasteiger partial charge in [0, 0.05) is 18.4 Å². The van der Waals surface area contributed by atoms with E-state index in [9.17, 15) is 4.79 Å². The van der Waals surface area contributed by atoms with Crippen molar-refractivity contribution in [2.24, 2.45) is 0 Å². The Morgan fingerprint density at radius 2 is 1.93 bits per heavy atom. The van der Waals surface area contributed by atoms with E-state index in [0.717, 1.165) is 28.4 Å². The van der Waals surface area contributed by atoms with Crippen molar-refractivity contribution in [3.63, 3.8) is 0 Å². The van der Waals surface area contributed by atoms with Crippen LogP contribution in [0.1, 0.15) is 37.4 Å². The van der Waals surface area contributed by atoms with Gasteiger partial charge in [0.2, 0.25) is 5.91 Å². The summed E-state index contributed by atoms with van der Waals surface area (Å²) in [6, 6.07) is 15.6. The predicted molar refractivity (Wildman–Crippen MR) is 107 cm³/mol. The number of rotatable bonds is 5. The van der Waals surface area contributed by atoms with Gasteiger partial charge in [-0.2, -0.15) is 0 Å². The number of aromatic nitrogens is 2. The Hall–Kier alpha value is -3.28. The second kappa shape index (κ2) is 7.38. The monoisotopic (exact) mass is 377 g/mol. The maximum absolute atomic E-state index is 12.5. The molecule has 3 aromatic rings. The molecule has 0 bridgehead atoms. The summed E-state index contributed by atoms with van der Waals surface area (Å²) in [5.74, 6) is 2.10. The third kappa shape index (κ3) is 3.45.